The summed E-state index contributed by atoms with van der Waals surface area (Å²) in [6.45, 7) is 1.50. The number of nitrogens with zero attached hydrogens (tertiary/aromatic N) is 1. The Balaban J connectivity index is 1.93. The van der Waals surface area contributed by atoms with Crippen molar-refractivity contribution in [1.29, 1.82) is 0 Å². The fraction of sp³-hybridized carbons (Fsp3) is 0.571. The largest absolute Gasteiger partial charge is 0.349 e. The van der Waals surface area contributed by atoms with E-state index in [1.165, 1.54) is 4.31 Å². The fourth-order valence-electron chi connectivity index (χ4n) is 2.88. The Hall–Kier alpha value is -0.660. The lowest BCUT2D eigenvalue weighted by Gasteiger charge is -2.36. The minimum atomic E-state index is -3.64. The van der Waals surface area contributed by atoms with Gasteiger partial charge in [0.05, 0.1) is 24.3 Å². The maximum atomic E-state index is 12.9. The van der Waals surface area contributed by atoms with E-state index in [1.807, 2.05) is 0 Å². The monoisotopic (exact) mass is 331 g/mol. The molecule has 3 rings (SSSR count). The molecule has 0 amide bonds. The molecule has 0 bridgehead atoms. The number of rotatable bonds is 3. The molecule has 2 saturated heterocycles. The minimum Gasteiger partial charge on any atom is -0.349 e. The Labute approximate surface area is 129 Å². The van der Waals surface area contributed by atoms with Crippen LogP contribution in [-0.2, 0) is 19.5 Å². The number of sulfonamides is 1. The van der Waals surface area contributed by atoms with Crippen molar-refractivity contribution < 1.29 is 17.9 Å². The van der Waals surface area contributed by atoms with Gasteiger partial charge in [-0.2, -0.15) is 4.31 Å². The van der Waals surface area contributed by atoms with Crippen LogP contribution in [-0.4, -0.2) is 44.8 Å². The van der Waals surface area contributed by atoms with Crippen LogP contribution in [0.2, 0.25) is 5.02 Å². The van der Waals surface area contributed by atoms with Gasteiger partial charge in [0.25, 0.3) is 0 Å². The van der Waals surface area contributed by atoms with Crippen molar-refractivity contribution >= 4 is 21.6 Å². The van der Waals surface area contributed by atoms with E-state index in [4.69, 9.17) is 21.1 Å². The van der Waals surface area contributed by atoms with E-state index >= 15 is 0 Å². The SMILES string of the molecule is O=S(=O)(c1ccccc1Cl)N1CCCCC1C1OCCO1. The molecule has 116 valence electrons. The maximum absolute atomic E-state index is 12.9. The summed E-state index contributed by atoms with van der Waals surface area (Å²) in [5.41, 5.74) is 0. The molecule has 5 nitrogen and oxygen atoms in total. The third-order valence-electron chi connectivity index (χ3n) is 3.88. The molecule has 2 fully saturated rings. The first-order valence-corrected chi connectivity index (χ1v) is 8.92. The molecular formula is C14H18ClNO4S. The summed E-state index contributed by atoms with van der Waals surface area (Å²) in [4.78, 5) is 0.150. The molecule has 0 saturated carbocycles. The van der Waals surface area contributed by atoms with Gasteiger partial charge in [-0.05, 0) is 25.0 Å². The second-order valence-electron chi connectivity index (χ2n) is 5.22. The molecule has 0 radical (unpaired) electrons. The Morgan fingerprint density at radius 2 is 1.86 bits per heavy atom. The van der Waals surface area contributed by atoms with Crippen molar-refractivity contribution in [3.05, 3.63) is 29.3 Å². The summed E-state index contributed by atoms with van der Waals surface area (Å²) in [6, 6.07) is 6.26. The summed E-state index contributed by atoms with van der Waals surface area (Å²) in [5, 5.41) is 0.245. The maximum Gasteiger partial charge on any atom is 0.244 e. The number of hydrogen-bond donors (Lipinski definition) is 0. The number of halogens is 1. The van der Waals surface area contributed by atoms with Crippen LogP contribution in [0.3, 0.4) is 0 Å². The number of hydrogen-bond acceptors (Lipinski definition) is 4. The zero-order valence-corrected chi connectivity index (χ0v) is 13.1. The molecule has 0 N–H and O–H groups in total. The average molecular weight is 332 g/mol. The first-order chi connectivity index (χ1) is 10.1. The number of ether oxygens (including phenoxy) is 2. The molecule has 1 aromatic rings. The van der Waals surface area contributed by atoms with E-state index in [-0.39, 0.29) is 16.0 Å². The first kappa shape index (κ1) is 15.2. The lowest BCUT2D eigenvalue weighted by atomic mass is 10.0. The summed E-state index contributed by atoms with van der Waals surface area (Å²) in [7, 11) is -3.64. The number of benzene rings is 1. The molecular weight excluding hydrogens is 314 g/mol. The third kappa shape index (κ3) is 2.96. The molecule has 2 aliphatic heterocycles. The summed E-state index contributed by atoms with van der Waals surface area (Å²) < 4.78 is 38.4. The van der Waals surface area contributed by atoms with Gasteiger partial charge in [-0.25, -0.2) is 8.42 Å². The van der Waals surface area contributed by atoms with Crippen molar-refractivity contribution in [2.45, 2.75) is 36.5 Å². The molecule has 0 aliphatic carbocycles. The van der Waals surface area contributed by atoms with Crippen molar-refractivity contribution in [2.75, 3.05) is 19.8 Å². The van der Waals surface area contributed by atoms with Gasteiger partial charge in [-0.15, -0.1) is 0 Å². The second kappa shape index (κ2) is 6.22. The second-order valence-corrected chi connectivity index (χ2v) is 7.49. The highest BCUT2D eigenvalue weighted by molar-refractivity contribution is 7.89. The van der Waals surface area contributed by atoms with Gasteiger partial charge in [0.1, 0.15) is 4.90 Å². The quantitative estimate of drug-likeness (QED) is 0.852. The molecule has 1 atom stereocenters. The zero-order valence-electron chi connectivity index (χ0n) is 11.6. The van der Waals surface area contributed by atoms with Gasteiger partial charge in [-0.1, -0.05) is 30.2 Å². The van der Waals surface area contributed by atoms with Gasteiger partial charge in [-0.3, -0.25) is 0 Å². The molecule has 2 heterocycles. The van der Waals surface area contributed by atoms with Crippen LogP contribution in [0.25, 0.3) is 0 Å². The topological polar surface area (TPSA) is 55.8 Å². The fourth-order valence-corrected chi connectivity index (χ4v) is 5.06. The van der Waals surface area contributed by atoms with Crippen LogP contribution in [0, 0.1) is 0 Å². The average Bonchev–Trinajstić information content (AvgIpc) is 3.01. The van der Waals surface area contributed by atoms with Crippen LogP contribution < -0.4 is 0 Å². The van der Waals surface area contributed by atoms with Gasteiger partial charge >= 0.3 is 0 Å². The Kier molecular flexibility index (Phi) is 4.51. The lowest BCUT2D eigenvalue weighted by Crippen LogP contribution is -2.50. The van der Waals surface area contributed by atoms with Crippen LogP contribution >= 0.6 is 11.6 Å². The van der Waals surface area contributed by atoms with Crippen LogP contribution in [0.1, 0.15) is 19.3 Å². The summed E-state index contributed by atoms with van der Waals surface area (Å²) in [5.74, 6) is 0. The van der Waals surface area contributed by atoms with Gasteiger partial charge < -0.3 is 9.47 Å². The van der Waals surface area contributed by atoms with E-state index < -0.39 is 16.3 Å². The van der Waals surface area contributed by atoms with Crippen molar-refractivity contribution in [3.63, 3.8) is 0 Å². The highest BCUT2D eigenvalue weighted by Gasteiger charge is 2.40. The van der Waals surface area contributed by atoms with E-state index in [1.54, 1.807) is 24.3 Å². The van der Waals surface area contributed by atoms with Gasteiger partial charge in [0.2, 0.25) is 10.0 Å². The molecule has 1 unspecified atom stereocenters. The molecule has 2 aliphatic rings. The van der Waals surface area contributed by atoms with Crippen molar-refractivity contribution in [3.8, 4) is 0 Å². The van der Waals surface area contributed by atoms with E-state index in [0.717, 1.165) is 19.3 Å². The van der Waals surface area contributed by atoms with Crippen LogP contribution in [0.5, 0.6) is 0 Å². The predicted molar refractivity (Wildman–Crippen MR) is 78.7 cm³/mol. The molecule has 7 heteroatoms. The highest BCUT2D eigenvalue weighted by Crippen LogP contribution is 2.32. The van der Waals surface area contributed by atoms with Crippen LogP contribution in [0.15, 0.2) is 29.2 Å². The molecule has 0 spiro atoms. The Bertz CT molecular complexity index is 601. The lowest BCUT2D eigenvalue weighted by molar-refractivity contribution is -0.0913. The first-order valence-electron chi connectivity index (χ1n) is 7.10. The summed E-state index contributed by atoms with van der Waals surface area (Å²) in [6.07, 6.45) is 2.09. The minimum absolute atomic E-state index is 0.150. The molecule has 0 aromatic heterocycles. The Morgan fingerprint density at radius 1 is 1.14 bits per heavy atom. The van der Waals surface area contributed by atoms with Crippen LogP contribution in [0.4, 0.5) is 0 Å². The van der Waals surface area contributed by atoms with Crippen molar-refractivity contribution in [1.82, 2.24) is 4.31 Å². The van der Waals surface area contributed by atoms with E-state index in [0.29, 0.717) is 19.8 Å². The summed E-state index contributed by atoms with van der Waals surface area (Å²) >= 11 is 6.07. The van der Waals surface area contributed by atoms with E-state index in [9.17, 15) is 8.42 Å². The smallest absolute Gasteiger partial charge is 0.244 e. The molecule has 1 aromatic carbocycles. The van der Waals surface area contributed by atoms with Gasteiger partial charge in [0.15, 0.2) is 6.29 Å². The normalized spacial score (nSPS) is 25.3. The third-order valence-corrected chi connectivity index (χ3v) is 6.31. The highest BCUT2D eigenvalue weighted by atomic mass is 35.5. The number of piperidine rings is 1. The van der Waals surface area contributed by atoms with Crippen molar-refractivity contribution in [2.24, 2.45) is 0 Å². The molecule has 21 heavy (non-hydrogen) atoms. The standard InChI is InChI=1S/C14H18ClNO4S/c15-11-5-1-2-7-13(11)21(17,18)16-8-4-3-6-12(16)14-19-9-10-20-14/h1-2,5,7,12,14H,3-4,6,8-10H2. The Morgan fingerprint density at radius 3 is 2.57 bits per heavy atom. The predicted octanol–water partition coefficient (Wildman–Crippen LogP) is 2.26. The zero-order chi connectivity index (χ0) is 14.9. The van der Waals surface area contributed by atoms with E-state index in [2.05, 4.69) is 0 Å². The van der Waals surface area contributed by atoms with Gasteiger partial charge in [0, 0.05) is 6.54 Å².